The second-order valence-corrected chi connectivity index (χ2v) is 4.58. The fourth-order valence-electron chi connectivity index (χ4n) is 1.88. The number of benzene rings is 1. The van der Waals surface area contributed by atoms with Crippen LogP contribution in [0.2, 0.25) is 5.02 Å². The average molecular weight is 303 g/mol. The van der Waals surface area contributed by atoms with E-state index in [0.29, 0.717) is 29.1 Å². The maximum Gasteiger partial charge on any atom is 0.250 e. The third-order valence-corrected chi connectivity index (χ3v) is 3.13. The molecule has 0 unspecified atom stereocenters. The fourth-order valence-corrected chi connectivity index (χ4v) is 2.13. The lowest BCUT2D eigenvalue weighted by atomic mass is 10.1. The van der Waals surface area contributed by atoms with Crippen LogP contribution < -0.4 is 0 Å². The molecule has 0 amide bonds. The van der Waals surface area contributed by atoms with Gasteiger partial charge in [0.25, 0.3) is 0 Å². The maximum absolute atomic E-state index is 13.1. The van der Waals surface area contributed by atoms with Gasteiger partial charge in [-0.15, -0.1) is 0 Å². The van der Waals surface area contributed by atoms with Crippen LogP contribution in [0.5, 0.6) is 0 Å². The summed E-state index contributed by atoms with van der Waals surface area (Å²) >= 11 is 6.01. The molecule has 0 radical (unpaired) electrons. The van der Waals surface area contributed by atoms with Gasteiger partial charge in [0.05, 0.1) is 10.6 Å². The van der Waals surface area contributed by atoms with Crippen molar-refractivity contribution in [1.82, 2.24) is 19.7 Å². The highest BCUT2D eigenvalue weighted by atomic mass is 35.5. The van der Waals surface area contributed by atoms with E-state index in [2.05, 4.69) is 15.1 Å². The summed E-state index contributed by atoms with van der Waals surface area (Å²) < 4.78 is 14.5. The zero-order valence-corrected chi connectivity index (χ0v) is 11.3. The predicted molar refractivity (Wildman–Crippen MR) is 74.9 cm³/mol. The Balaban J connectivity index is 2.15. The van der Waals surface area contributed by atoms with Crippen LogP contribution in [0.1, 0.15) is 10.4 Å². The Morgan fingerprint density at radius 3 is 2.67 bits per heavy atom. The Bertz CT molecular complexity index is 804. The number of carbonyl (C=O) groups is 1. The molecule has 0 bridgehead atoms. The van der Waals surface area contributed by atoms with Crippen molar-refractivity contribution >= 4 is 17.9 Å². The van der Waals surface area contributed by atoms with Crippen LogP contribution in [-0.4, -0.2) is 26.0 Å². The van der Waals surface area contributed by atoms with E-state index in [-0.39, 0.29) is 5.02 Å². The fraction of sp³-hybridized carbons (Fsp3) is 0. The number of carbonyl (C=O) groups excluding carboxylic acids is 1. The van der Waals surface area contributed by atoms with Gasteiger partial charge >= 0.3 is 0 Å². The number of halogens is 2. The Morgan fingerprint density at radius 2 is 2.00 bits per heavy atom. The topological polar surface area (TPSA) is 60.7 Å². The van der Waals surface area contributed by atoms with Crippen LogP contribution in [0, 0.1) is 5.82 Å². The van der Waals surface area contributed by atoms with Crippen LogP contribution in [0.3, 0.4) is 0 Å². The molecule has 0 aliphatic carbocycles. The van der Waals surface area contributed by atoms with Crippen molar-refractivity contribution in [2.75, 3.05) is 0 Å². The van der Waals surface area contributed by atoms with E-state index in [0.717, 1.165) is 0 Å². The average Bonchev–Trinajstić information content (AvgIpc) is 2.92. The number of aldehydes is 1. The molecule has 0 saturated heterocycles. The van der Waals surface area contributed by atoms with Crippen molar-refractivity contribution < 1.29 is 9.18 Å². The smallest absolute Gasteiger partial charge is 0.250 e. The van der Waals surface area contributed by atoms with Crippen molar-refractivity contribution in [1.29, 1.82) is 0 Å². The van der Waals surface area contributed by atoms with Gasteiger partial charge in [-0.3, -0.25) is 4.79 Å². The number of rotatable bonds is 3. The number of aromatic nitrogens is 4. The van der Waals surface area contributed by atoms with Gasteiger partial charge < -0.3 is 0 Å². The third-order valence-electron chi connectivity index (χ3n) is 2.81. The van der Waals surface area contributed by atoms with Gasteiger partial charge in [-0.1, -0.05) is 11.6 Å². The maximum atomic E-state index is 13.1. The van der Waals surface area contributed by atoms with E-state index in [9.17, 15) is 9.18 Å². The molecule has 21 heavy (non-hydrogen) atoms. The second kappa shape index (κ2) is 5.41. The van der Waals surface area contributed by atoms with Crippen LogP contribution in [0.15, 0.2) is 42.9 Å². The molecule has 2 aromatic heterocycles. The molecule has 2 heterocycles. The Labute approximate surface area is 124 Å². The van der Waals surface area contributed by atoms with E-state index in [1.165, 1.54) is 29.1 Å². The molecule has 0 N–H and O–H groups in total. The highest BCUT2D eigenvalue weighted by Gasteiger charge is 2.15. The van der Waals surface area contributed by atoms with Crippen LogP contribution in [-0.2, 0) is 0 Å². The van der Waals surface area contributed by atoms with Crippen molar-refractivity contribution in [3.05, 3.63) is 59.3 Å². The van der Waals surface area contributed by atoms with Gasteiger partial charge in [-0.2, -0.15) is 5.10 Å². The van der Waals surface area contributed by atoms with Gasteiger partial charge in [0.15, 0.2) is 6.29 Å². The summed E-state index contributed by atoms with van der Waals surface area (Å²) in [5.41, 5.74) is 1.13. The van der Waals surface area contributed by atoms with Gasteiger partial charge in [-0.25, -0.2) is 19.0 Å². The molecule has 0 aliphatic rings. The summed E-state index contributed by atoms with van der Waals surface area (Å²) in [6.45, 7) is 0. The largest absolute Gasteiger partial charge is 0.298 e. The first kappa shape index (κ1) is 13.4. The first-order chi connectivity index (χ1) is 10.2. The molecule has 3 rings (SSSR count). The minimum absolute atomic E-state index is 0.178. The normalized spacial score (nSPS) is 10.6. The second-order valence-electron chi connectivity index (χ2n) is 4.17. The predicted octanol–water partition coefficient (Wildman–Crippen LogP) is 2.93. The summed E-state index contributed by atoms with van der Waals surface area (Å²) in [5.74, 6) is -0.132. The molecule has 5 nitrogen and oxygen atoms in total. The highest BCUT2D eigenvalue weighted by molar-refractivity contribution is 6.33. The lowest BCUT2D eigenvalue weighted by molar-refractivity contribution is 0.112. The molecule has 0 fully saturated rings. The SMILES string of the molecule is O=Cc1cn(-c2ncccn2)nc1-c1ccc(F)cc1Cl. The monoisotopic (exact) mass is 302 g/mol. The van der Waals surface area contributed by atoms with E-state index >= 15 is 0 Å². The van der Waals surface area contributed by atoms with E-state index in [4.69, 9.17) is 11.6 Å². The number of hydrogen-bond donors (Lipinski definition) is 0. The molecule has 0 aliphatic heterocycles. The first-order valence-electron chi connectivity index (χ1n) is 5.96. The van der Waals surface area contributed by atoms with E-state index in [1.807, 2.05) is 0 Å². The Morgan fingerprint density at radius 1 is 1.24 bits per heavy atom. The number of hydrogen-bond acceptors (Lipinski definition) is 4. The van der Waals surface area contributed by atoms with Crippen LogP contribution in [0.4, 0.5) is 4.39 Å². The molecule has 3 aromatic rings. The quantitative estimate of drug-likeness (QED) is 0.698. The van der Waals surface area contributed by atoms with Crippen molar-refractivity contribution in [3.63, 3.8) is 0 Å². The molecule has 0 spiro atoms. The molecule has 1 aromatic carbocycles. The van der Waals surface area contributed by atoms with Crippen molar-refractivity contribution in [2.24, 2.45) is 0 Å². The summed E-state index contributed by atoms with van der Waals surface area (Å²) in [6, 6.07) is 5.58. The van der Waals surface area contributed by atoms with E-state index in [1.54, 1.807) is 18.5 Å². The summed E-state index contributed by atoms with van der Waals surface area (Å²) in [7, 11) is 0. The van der Waals surface area contributed by atoms with Gasteiger partial charge in [-0.05, 0) is 24.3 Å². The molecule has 104 valence electrons. The zero-order valence-electron chi connectivity index (χ0n) is 10.6. The Kier molecular flexibility index (Phi) is 3.45. The summed E-state index contributed by atoms with van der Waals surface area (Å²) in [4.78, 5) is 19.3. The standard InChI is InChI=1S/C14H8ClFN4O/c15-12-6-10(16)2-3-11(12)13-9(8-21)7-20(19-13)14-17-4-1-5-18-14/h1-8H. The lowest BCUT2D eigenvalue weighted by Gasteiger charge is -2.02. The first-order valence-corrected chi connectivity index (χ1v) is 6.34. The number of nitrogens with zero attached hydrogens (tertiary/aromatic N) is 4. The summed E-state index contributed by atoms with van der Waals surface area (Å²) in [6.07, 6.45) is 5.28. The highest BCUT2D eigenvalue weighted by Crippen LogP contribution is 2.29. The van der Waals surface area contributed by atoms with Crippen molar-refractivity contribution in [2.45, 2.75) is 0 Å². The van der Waals surface area contributed by atoms with Gasteiger partial charge in [0.2, 0.25) is 5.95 Å². The van der Waals surface area contributed by atoms with Gasteiger partial charge in [0.1, 0.15) is 11.5 Å². The zero-order chi connectivity index (χ0) is 14.8. The van der Waals surface area contributed by atoms with Gasteiger partial charge in [0, 0.05) is 24.2 Å². The van der Waals surface area contributed by atoms with E-state index < -0.39 is 5.82 Å². The third kappa shape index (κ3) is 2.53. The minimum atomic E-state index is -0.456. The molecular weight excluding hydrogens is 295 g/mol. The van der Waals surface area contributed by atoms with Crippen molar-refractivity contribution in [3.8, 4) is 17.2 Å². The Hall–Kier alpha value is -2.60. The molecular formula is C14H8ClFN4O. The lowest BCUT2D eigenvalue weighted by Crippen LogP contribution is -2.00. The van der Waals surface area contributed by atoms with Crippen LogP contribution in [0.25, 0.3) is 17.2 Å². The molecule has 7 heteroatoms. The molecule has 0 atom stereocenters. The van der Waals surface area contributed by atoms with Crippen LogP contribution >= 0.6 is 11.6 Å². The minimum Gasteiger partial charge on any atom is -0.298 e. The summed E-state index contributed by atoms with van der Waals surface area (Å²) in [5, 5.41) is 4.44. The molecule has 0 saturated carbocycles.